The maximum atomic E-state index is 12.6. The number of carbonyl (C=O) groups is 1. The molecule has 2 saturated carbocycles. The summed E-state index contributed by atoms with van der Waals surface area (Å²) in [7, 11) is 1.99. The van der Waals surface area contributed by atoms with Gasteiger partial charge in [0.1, 0.15) is 12.4 Å². The molecular weight excluding hydrogens is 336 g/mol. The Kier molecular flexibility index (Phi) is 5.66. The Morgan fingerprint density at radius 1 is 1.33 bits per heavy atom. The van der Waals surface area contributed by atoms with Crippen molar-refractivity contribution in [1.29, 1.82) is 0 Å². The highest BCUT2D eigenvalue weighted by Crippen LogP contribution is 2.65. The number of hydrogen-bond donors (Lipinski definition) is 1. The predicted molar refractivity (Wildman–Crippen MR) is 110 cm³/mol. The van der Waals surface area contributed by atoms with E-state index in [1.807, 2.05) is 31.3 Å². The molecule has 2 aliphatic rings. The maximum Gasteiger partial charge on any atom is 0.234 e. The molecule has 3 atom stereocenters. The molecule has 0 radical (unpaired) electrons. The van der Waals surface area contributed by atoms with E-state index in [9.17, 15) is 4.79 Å². The van der Waals surface area contributed by atoms with Gasteiger partial charge in [-0.3, -0.25) is 9.69 Å². The molecule has 2 bridgehead atoms. The first-order valence-corrected chi connectivity index (χ1v) is 10.1. The van der Waals surface area contributed by atoms with Crippen molar-refractivity contribution in [3.8, 4) is 5.75 Å². The zero-order chi connectivity index (χ0) is 19.7. The summed E-state index contributed by atoms with van der Waals surface area (Å²) in [4.78, 5) is 14.7. The molecule has 4 nitrogen and oxygen atoms in total. The Morgan fingerprint density at radius 2 is 2.04 bits per heavy atom. The Labute approximate surface area is 164 Å². The normalized spacial score (nSPS) is 28.3. The fraction of sp³-hybridized carbons (Fsp3) is 0.609. The van der Waals surface area contributed by atoms with Gasteiger partial charge in [-0.1, -0.05) is 45.6 Å². The topological polar surface area (TPSA) is 41.6 Å². The highest BCUT2D eigenvalue weighted by atomic mass is 16.5. The van der Waals surface area contributed by atoms with Gasteiger partial charge in [-0.25, -0.2) is 0 Å². The van der Waals surface area contributed by atoms with Crippen molar-refractivity contribution in [2.24, 2.45) is 16.7 Å². The van der Waals surface area contributed by atoms with Gasteiger partial charge in [0.15, 0.2) is 0 Å². The van der Waals surface area contributed by atoms with Crippen LogP contribution in [0.3, 0.4) is 0 Å². The van der Waals surface area contributed by atoms with E-state index in [2.05, 4.69) is 37.6 Å². The first-order valence-electron chi connectivity index (χ1n) is 10.1. The number of nitrogens with one attached hydrogen (secondary N) is 1. The van der Waals surface area contributed by atoms with Crippen molar-refractivity contribution in [2.45, 2.75) is 52.6 Å². The summed E-state index contributed by atoms with van der Waals surface area (Å²) in [5.41, 5.74) is 1.73. The van der Waals surface area contributed by atoms with Gasteiger partial charge in [0, 0.05) is 12.6 Å². The van der Waals surface area contributed by atoms with Crippen LogP contribution in [0.1, 0.15) is 45.6 Å². The molecule has 1 amide bonds. The maximum absolute atomic E-state index is 12.6. The third-order valence-electron chi connectivity index (χ3n) is 7.29. The minimum absolute atomic E-state index is 0.137. The van der Waals surface area contributed by atoms with Crippen LogP contribution in [0, 0.1) is 16.7 Å². The van der Waals surface area contributed by atoms with Crippen molar-refractivity contribution in [2.75, 3.05) is 20.2 Å². The third kappa shape index (κ3) is 3.91. The number of hydrogen-bond acceptors (Lipinski definition) is 3. The van der Waals surface area contributed by atoms with E-state index in [0.29, 0.717) is 24.6 Å². The molecule has 0 unspecified atom stereocenters. The molecule has 1 aromatic rings. The van der Waals surface area contributed by atoms with Gasteiger partial charge in [-0.2, -0.15) is 0 Å². The number of rotatable bonds is 8. The Hall–Kier alpha value is -1.81. The Balaban J connectivity index is 1.49. The van der Waals surface area contributed by atoms with E-state index in [1.54, 1.807) is 6.08 Å². The van der Waals surface area contributed by atoms with Crippen molar-refractivity contribution >= 4 is 5.91 Å². The van der Waals surface area contributed by atoms with Crippen molar-refractivity contribution in [3.63, 3.8) is 0 Å². The highest BCUT2D eigenvalue weighted by molar-refractivity contribution is 5.78. The molecule has 3 rings (SSSR count). The summed E-state index contributed by atoms with van der Waals surface area (Å²) >= 11 is 0. The van der Waals surface area contributed by atoms with Crippen LogP contribution in [0.4, 0.5) is 0 Å². The van der Waals surface area contributed by atoms with Gasteiger partial charge < -0.3 is 10.1 Å². The quantitative estimate of drug-likeness (QED) is 0.703. The van der Waals surface area contributed by atoms with Crippen LogP contribution in [0.15, 0.2) is 36.9 Å². The molecule has 2 fully saturated rings. The minimum atomic E-state index is 0.137. The Bertz CT molecular complexity index is 682. The van der Waals surface area contributed by atoms with Crippen LogP contribution in [0.2, 0.25) is 0 Å². The summed E-state index contributed by atoms with van der Waals surface area (Å²) < 4.78 is 5.51. The second-order valence-electron chi connectivity index (χ2n) is 9.15. The molecule has 2 aliphatic carbocycles. The predicted octanol–water partition coefficient (Wildman–Crippen LogP) is 4.01. The number of fused-ring (bicyclic) bond motifs is 2. The van der Waals surface area contributed by atoms with Crippen LogP contribution in [0.25, 0.3) is 0 Å². The molecule has 0 heterocycles. The largest absolute Gasteiger partial charge is 0.490 e. The molecule has 0 aliphatic heterocycles. The first kappa shape index (κ1) is 19.9. The van der Waals surface area contributed by atoms with Gasteiger partial charge in [-0.15, -0.1) is 0 Å². The van der Waals surface area contributed by atoms with Gasteiger partial charge in [-0.05, 0) is 60.8 Å². The standard InChI is InChI=1S/C23H34N2O2/c1-6-13-27-19-9-7-17(8-10-19)15-25(5)16-21(26)24-20-14-18-11-12-23(20,4)22(18,2)3/h6-10,18,20H,1,11-16H2,2-5H3,(H,24,26)/t18-,20-,23-/m1/s1. The summed E-state index contributed by atoms with van der Waals surface area (Å²) in [6.07, 6.45) is 5.40. The molecule has 0 saturated heterocycles. The number of carbonyl (C=O) groups excluding carboxylic acids is 1. The number of ether oxygens (including phenoxy) is 1. The number of benzene rings is 1. The molecule has 1 aromatic carbocycles. The SMILES string of the molecule is C=CCOc1ccc(CN(C)CC(=O)N[C@@H]2C[C@H]3CC[C@@]2(C)C3(C)C)cc1. The van der Waals surface area contributed by atoms with Gasteiger partial charge >= 0.3 is 0 Å². The number of likely N-dealkylation sites (N-methyl/N-ethyl adjacent to an activating group) is 1. The fourth-order valence-corrected chi connectivity index (χ4v) is 5.12. The molecule has 0 spiro atoms. The van der Waals surface area contributed by atoms with Crippen molar-refractivity contribution < 1.29 is 9.53 Å². The average molecular weight is 371 g/mol. The lowest BCUT2D eigenvalue weighted by molar-refractivity contribution is -0.123. The van der Waals surface area contributed by atoms with Crippen LogP contribution in [-0.4, -0.2) is 37.0 Å². The number of nitrogens with zero attached hydrogens (tertiary/aromatic N) is 1. The van der Waals surface area contributed by atoms with Crippen LogP contribution in [0.5, 0.6) is 5.75 Å². The lowest BCUT2D eigenvalue weighted by Crippen LogP contribution is -2.49. The minimum Gasteiger partial charge on any atom is -0.490 e. The van der Waals surface area contributed by atoms with E-state index in [1.165, 1.54) is 18.4 Å². The summed E-state index contributed by atoms with van der Waals surface area (Å²) in [5, 5.41) is 3.35. The van der Waals surface area contributed by atoms with E-state index in [4.69, 9.17) is 4.74 Å². The summed E-state index contributed by atoms with van der Waals surface area (Å²) in [6, 6.07) is 8.34. The second-order valence-corrected chi connectivity index (χ2v) is 9.15. The van der Waals surface area contributed by atoms with Crippen LogP contribution < -0.4 is 10.1 Å². The highest BCUT2D eigenvalue weighted by Gasteiger charge is 2.61. The smallest absolute Gasteiger partial charge is 0.234 e. The Morgan fingerprint density at radius 3 is 2.59 bits per heavy atom. The number of amides is 1. The average Bonchev–Trinajstić information content (AvgIpc) is 2.94. The molecule has 4 heteroatoms. The lowest BCUT2D eigenvalue weighted by Gasteiger charge is -2.39. The molecular formula is C23H34N2O2. The molecule has 0 aromatic heterocycles. The fourth-order valence-electron chi connectivity index (χ4n) is 5.12. The van der Waals surface area contributed by atoms with E-state index in [-0.39, 0.29) is 11.3 Å². The van der Waals surface area contributed by atoms with E-state index >= 15 is 0 Å². The van der Waals surface area contributed by atoms with Crippen molar-refractivity contribution in [1.82, 2.24) is 10.2 Å². The van der Waals surface area contributed by atoms with E-state index < -0.39 is 0 Å². The van der Waals surface area contributed by atoms with Gasteiger partial charge in [0.25, 0.3) is 0 Å². The second kappa shape index (κ2) is 7.67. The van der Waals surface area contributed by atoms with Crippen molar-refractivity contribution in [3.05, 3.63) is 42.5 Å². The van der Waals surface area contributed by atoms with Gasteiger partial charge in [0.2, 0.25) is 5.91 Å². The summed E-state index contributed by atoms with van der Waals surface area (Å²) in [5.74, 6) is 1.72. The molecule has 1 N–H and O–H groups in total. The monoisotopic (exact) mass is 370 g/mol. The van der Waals surface area contributed by atoms with E-state index in [0.717, 1.165) is 24.6 Å². The van der Waals surface area contributed by atoms with Gasteiger partial charge in [0.05, 0.1) is 6.54 Å². The zero-order valence-electron chi connectivity index (χ0n) is 17.3. The molecule has 27 heavy (non-hydrogen) atoms. The van der Waals surface area contributed by atoms with Crippen LogP contribution in [-0.2, 0) is 11.3 Å². The first-order chi connectivity index (χ1) is 12.8. The van der Waals surface area contributed by atoms with Crippen LogP contribution >= 0.6 is 0 Å². The molecule has 148 valence electrons. The zero-order valence-corrected chi connectivity index (χ0v) is 17.3. The lowest BCUT2D eigenvalue weighted by atomic mass is 9.69. The third-order valence-corrected chi connectivity index (χ3v) is 7.29. The summed E-state index contributed by atoms with van der Waals surface area (Å²) in [6.45, 7) is 12.5.